The zero-order valence-corrected chi connectivity index (χ0v) is 13.4. The van der Waals surface area contributed by atoms with Gasteiger partial charge in [-0.3, -0.25) is 10.1 Å². The van der Waals surface area contributed by atoms with E-state index in [9.17, 15) is 15.2 Å². The van der Waals surface area contributed by atoms with Gasteiger partial charge in [0, 0.05) is 11.5 Å². The van der Waals surface area contributed by atoms with Crippen LogP contribution in [0, 0.1) is 10.1 Å². The van der Waals surface area contributed by atoms with Crippen molar-refractivity contribution in [1.29, 1.82) is 0 Å². The van der Waals surface area contributed by atoms with Gasteiger partial charge in [-0.25, -0.2) is 0 Å². The first kappa shape index (κ1) is 11.9. The average Bonchev–Trinajstić information content (AvgIpc) is 2.18. The molecule has 5 heteroatoms. The minimum atomic E-state index is -0.595. The summed E-state index contributed by atoms with van der Waals surface area (Å²) in [7, 11) is 0. The van der Waals surface area contributed by atoms with E-state index in [2.05, 4.69) is 0 Å². The Bertz CT molecular complexity index is 513. The topological polar surface area (TPSA) is 63.4 Å². The fraction of sp³-hybridized carbons (Fsp3) is 0. The van der Waals surface area contributed by atoms with Gasteiger partial charge in [-0.05, 0) is 11.5 Å². The molecule has 0 aliphatic rings. The Kier molecular flexibility index (Phi) is 3.62. The molecule has 0 amide bonds. The maximum atomic E-state index is 10.5. The Balaban J connectivity index is 0.00000112. The van der Waals surface area contributed by atoms with Gasteiger partial charge < -0.3 is 5.11 Å². The summed E-state index contributed by atoms with van der Waals surface area (Å²) in [6, 6.07) is 9.90. The summed E-state index contributed by atoms with van der Waals surface area (Å²) in [6.45, 7) is 0. The van der Waals surface area contributed by atoms with Crippen molar-refractivity contribution in [1.82, 2.24) is 0 Å². The van der Waals surface area contributed by atoms with Gasteiger partial charge in [-0.2, -0.15) is 0 Å². The van der Waals surface area contributed by atoms with Gasteiger partial charge in [0.1, 0.15) is 0 Å². The second-order valence-electron chi connectivity index (χ2n) is 2.91. The molecule has 0 bridgehead atoms. The zero-order chi connectivity index (χ0) is 10.1. The number of rotatable bonds is 1. The molecule has 2 radical (unpaired) electrons. The zero-order valence-electron chi connectivity index (χ0n) is 7.88. The first-order chi connectivity index (χ1) is 6.70. The summed E-state index contributed by atoms with van der Waals surface area (Å²) < 4.78 is 0. The van der Waals surface area contributed by atoms with Crippen LogP contribution in [0.2, 0.25) is 0 Å². The SMILES string of the molecule is O=[N+]([O-])c1ccc2ccccc2c1O.[PbH2]. The molecule has 0 aliphatic carbocycles. The third-order valence-corrected chi connectivity index (χ3v) is 2.08. The second-order valence-corrected chi connectivity index (χ2v) is 2.91. The van der Waals surface area contributed by atoms with Crippen molar-refractivity contribution < 1.29 is 10.0 Å². The number of aromatic hydroxyl groups is 1. The second kappa shape index (κ2) is 4.56. The molecule has 0 saturated heterocycles. The standard InChI is InChI=1S/C10H7NO3.Pb.2H/c12-10-8-4-2-1-3-7(8)5-6-9(10)11(13)14;;;/h1-6,12H;;;. The quantitative estimate of drug-likeness (QED) is 0.450. The molecular weight excluding hydrogens is 389 g/mol. The maximum absolute atomic E-state index is 10.5. The molecule has 15 heavy (non-hydrogen) atoms. The van der Waals surface area contributed by atoms with Crippen LogP contribution in [0.1, 0.15) is 0 Å². The Morgan fingerprint density at radius 1 is 1.13 bits per heavy atom. The van der Waals surface area contributed by atoms with Crippen LogP contribution >= 0.6 is 0 Å². The number of hydrogen-bond donors (Lipinski definition) is 1. The van der Waals surface area contributed by atoms with E-state index >= 15 is 0 Å². The van der Waals surface area contributed by atoms with Crippen LogP contribution < -0.4 is 0 Å². The summed E-state index contributed by atoms with van der Waals surface area (Å²) in [5.41, 5.74) is -0.260. The van der Waals surface area contributed by atoms with Gasteiger partial charge in [-0.1, -0.05) is 24.3 Å². The van der Waals surface area contributed by atoms with Crippen molar-refractivity contribution in [3.05, 3.63) is 46.5 Å². The molecule has 0 fully saturated rings. The Morgan fingerprint density at radius 3 is 2.47 bits per heavy atom. The molecule has 0 aromatic heterocycles. The normalized spacial score (nSPS) is 9.60. The van der Waals surface area contributed by atoms with Crippen LogP contribution in [0.25, 0.3) is 10.8 Å². The van der Waals surface area contributed by atoms with Crippen LogP contribution in [0.15, 0.2) is 36.4 Å². The summed E-state index contributed by atoms with van der Waals surface area (Å²) >= 11 is 0. The molecule has 0 unspecified atom stereocenters. The Labute approximate surface area is 106 Å². The van der Waals surface area contributed by atoms with Gasteiger partial charge in [0.25, 0.3) is 0 Å². The van der Waals surface area contributed by atoms with E-state index in [0.717, 1.165) is 5.39 Å². The van der Waals surface area contributed by atoms with E-state index in [-0.39, 0.29) is 38.7 Å². The summed E-state index contributed by atoms with van der Waals surface area (Å²) in [6.07, 6.45) is 0. The van der Waals surface area contributed by atoms with Crippen LogP contribution in [0.3, 0.4) is 0 Å². The molecular formula is C10H9NO3Pb. The molecule has 1 N–H and O–H groups in total. The number of nitro benzene ring substituents is 1. The molecule has 2 rings (SSSR count). The number of nitro groups is 1. The number of benzene rings is 2. The van der Waals surface area contributed by atoms with Crippen molar-refractivity contribution in [3.63, 3.8) is 0 Å². The van der Waals surface area contributed by atoms with Gasteiger partial charge in [0.15, 0.2) is 0 Å². The Hall–Kier alpha value is -1.18. The van der Waals surface area contributed by atoms with E-state index < -0.39 is 4.92 Å². The van der Waals surface area contributed by atoms with Crippen molar-refractivity contribution >= 4 is 43.8 Å². The van der Waals surface area contributed by atoms with Gasteiger partial charge in [0.2, 0.25) is 5.75 Å². The molecule has 0 aliphatic heterocycles. The first-order valence-corrected chi connectivity index (χ1v) is 4.05. The fourth-order valence-corrected chi connectivity index (χ4v) is 1.39. The number of nitrogens with zero attached hydrogens (tertiary/aromatic N) is 1. The third kappa shape index (κ3) is 2.09. The van der Waals surface area contributed by atoms with E-state index in [1.54, 1.807) is 24.3 Å². The van der Waals surface area contributed by atoms with Gasteiger partial charge in [-0.15, -0.1) is 0 Å². The van der Waals surface area contributed by atoms with Crippen LogP contribution in [0.5, 0.6) is 5.75 Å². The number of phenols is 1. The van der Waals surface area contributed by atoms with Crippen LogP contribution in [-0.4, -0.2) is 37.3 Å². The third-order valence-electron chi connectivity index (χ3n) is 2.08. The molecule has 0 atom stereocenters. The van der Waals surface area contributed by atoms with Gasteiger partial charge >= 0.3 is 33.0 Å². The van der Waals surface area contributed by atoms with E-state index in [4.69, 9.17) is 0 Å². The first-order valence-electron chi connectivity index (χ1n) is 4.05. The molecule has 2 aromatic rings. The molecule has 2 aromatic carbocycles. The van der Waals surface area contributed by atoms with E-state index in [1.165, 1.54) is 6.07 Å². The van der Waals surface area contributed by atoms with Crippen LogP contribution in [0.4, 0.5) is 5.69 Å². The van der Waals surface area contributed by atoms with Crippen molar-refractivity contribution in [2.75, 3.05) is 0 Å². The average molecular weight is 398 g/mol. The van der Waals surface area contributed by atoms with E-state index in [0.29, 0.717) is 5.39 Å². The predicted molar refractivity (Wildman–Crippen MR) is 60.8 cm³/mol. The Morgan fingerprint density at radius 2 is 1.80 bits per heavy atom. The monoisotopic (exact) mass is 399 g/mol. The number of fused-ring (bicyclic) bond motifs is 1. The van der Waals surface area contributed by atoms with Crippen LogP contribution in [-0.2, 0) is 0 Å². The minimum absolute atomic E-state index is 0. The molecule has 4 nitrogen and oxygen atoms in total. The number of hydrogen-bond acceptors (Lipinski definition) is 3. The predicted octanol–water partition coefficient (Wildman–Crippen LogP) is 1.54. The molecule has 76 valence electrons. The van der Waals surface area contributed by atoms with Crippen molar-refractivity contribution in [2.24, 2.45) is 0 Å². The molecule has 0 saturated carbocycles. The van der Waals surface area contributed by atoms with Crippen molar-refractivity contribution in [3.8, 4) is 5.75 Å². The van der Waals surface area contributed by atoms with E-state index in [1.807, 2.05) is 6.07 Å². The molecule has 0 heterocycles. The summed E-state index contributed by atoms with van der Waals surface area (Å²) in [5.74, 6) is -0.270. The number of phenolic OH excluding ortho intramolecular Hbond substituents is 1. The summed E-state index contributed by atoms with van der Waals surface area (Å²) in [5, 5.41) is 21.4. The summed E-state index contributed by atoms with van der Waals surface area (Å²) in [4.78, 5) is 9.92. The van der Waals surface area contributed by atoms with Gasteiger partial charge in [0.05, 0.1) is 4.92 Å². The molecule has 0 spiro atoms. The fourth-order valence-electron chi connectivity index (χ4n) is 1.39. The van der Waals surface area contributed by atoms with Crippen molar-refractivity contribution in [2.45, 2.75) is 0 Å².